The predicted molar refractivity (Wildman–Crippen MR) is 83.8 cm³/mol. The van der Waals surface area contributed by atoms with E-state index in [9.17, 15) is 4.79 Å². The van der Waals surface area contributed by atoms with Crippen LogP contribution in [0.15, 0.2) is 0 Å². The maximum atomic E-state index is 11.8. The summed E-state index contributed by atoms with van der Waals surface area (Å²) in [5.41, 5.74) is 0. The van der Waals surface area contributed by atoms with Gasteiger partial charge in [-0.15, -0.1) is 0 Å². The summed E-state index contributed by atoms with van der Waals surface area (Å²) in [6, 6.07) is 0.406. The third-order valence-corrected chi connectivity index (χ3v) is 4.26. The second-order valence-corrected chi connectivity index (χ2v) is 5.96. The van der Waals surface area contributed by atoms with Crippen molar-refractivity contribution >= 4 is 5.97 Å². The lowest BCUT2D eigenvalue weighted by Gasteiger charge is -2.30. The number of esters is 1. The second-order valence-electron chi connectivity index (χ2n) is 5.96. The quantitative estimate of drug-likeness (QED) is 0.470. The zero-order valence-corrected chi connectivity index (χ0v) is 13.5. The van der Waals surface area contributed by atoms with Crippen LogP contribution >= 0.6 is 0 Å². The number of unbranched alkanes of at least 4 members (excludes halogenated alkanes) is 3. The lowest BCUT2D eigenvalue weighted by Crippen LogP contribution is -2.38. The van der Waals surface area contributed by atoms with E-state index in [4.69, 9.17) is 4.74 Å². The van der Waals surface area contributed by atoms with Crippen LogP contribution < -0.4 is 0 Å². The van der Waals surface area contributed by atoms with E-state index >= 15 is 0 Å². The van der Waals surface area contributed by atoms with Gasteiger partial charge in [0.05, 0.1) is 13.0 Å². The van der Waals surface area contributed by atoms with Crippen molar-refractivity contribution in [2.24, 2.45) is 0 Å². The van der Waals surface area contributed by atoms with E-state index in [1.807, 2.05) is 6.92 Å². The van der Waals surface area contributed by atoms with Gasteiger partial charge in [0.15, 0.2) is 0 Å². The van der Waals surface area contributed by atoms with Gasteiger partial charge in [-0.3, -0.25) is 9.69 Å². The SMILES string of the molecule is CCCCCCC(CC(=O)OCC)N1CCCCCC1. The molecule has 0 aromatic carbocycles. The van der Waals surface area contributed by atoms with E-state index in [2.05, 4.69) is 11.8 Å². The molecule has 20 heavy (non-hydrogen) atoms. The highest BCUT2D eigenvalue weighted by Crippen LogP contribution is 2.19. The fraction of sp³-hybridized carbons (Fsp3) is 0.941. The molecule has 0 aromatic heterocycles. The first-order chi connectivity index (χ1) is 9.77. The van der Waals surface area contributed by atoms with Gasteiger partial charge in [0.2, 0.25) is 0 Å². The van der Waals surface area contributed by atoms with Gasteiger partial charge in [-0.25, -0.2) is 0 Å². The van der Waals surface area contributed by atoms with Crippen LogP contribution in [0.4, 0.5) is 0 Å². The Balaban J connectivity index is 2.45. The standard InChI is InChI=1S/C17H33NO2/c1-3-5-6-9-12-16(15-17(19)20-4-2)18-13-10-7-8-11-14-18/h16H,3-15H2,1-2H3. The molecule has 0 radical (unpaired) electrons. The predicted octanol–water partition coefficient (Wildman–Crippen LogP) is 4.15. The summed E-state index contributed by atoms with van der Waals surface area (Å²) in [7, 11) is 0. The summed E-state index contributed by atoms with van der Waals surface area (Å²) in [5.74, 6) is -0.0164. The summed E-state index contributed by atoms with van der Waals surface area (Å²) < 4.78 is 5.16. The van der Waals surface area contributed by atoms with E-state index in [0.717, 1.165) is 19.5 Å². The Bertz CT molecular complexity index is 247. The van der Waals surface area contributed by atoms with E-state index < -0.39 is 0 Å². The Hall–Kier alpha value is -0.570. The number of hydrogen-bond acceptors (Lipinski definition) is 3. The van der Waals surface area contributed by atoms with Crippen LogP contribution in [0, 0.1) is 0 Å². The summed E-state index contributed by atoms with van der Waals surface area (Å²) >= 11 is 0. The van der Waals surface area contributed by atoms with Gasteiger partial charge in [0.25, 0.3) is 0 Å². The van der Waals surface area contributed by atoms with Crippen LogP contribution in [0.3, 0.4) is 0 Å². The van der Waals surface area contributed by atoms with Crippen molar-refractivity contribution < 1.29 is 9.53 Å². The molecule has 1 aliphatic rings. The molecule has 1 unspecified atom stereocenters. The summed E-state index contributed by atoms with van der Waals surface area (Å²) in [5, 5.41) is 0. The first-order valence-electron chi connectivity index (χ1n) is 8.67. The van der Waals surface area contributed by atoms with Crippen LogP contribution in [0.1, 0.15) is 78.1 Å². The highest BCUT2D eigenvalue weighted by molar-refractivity contribution is 5.70. The minimum absolute atomic E-state index is 0.0164. The average Bonchev–Trinajstić information content (AvgIpc) is 2.71. The fourth-order valence-electron chi connectivity index (χ4n) is 3.09. The largest absolute Gasteiger partial charge is 0.466 e. The third-order valence-electron chi connectivity index (χ3n) is 4.26. The lowest BCUT2D eigenvalue weighted by molar-refractivity contribution is -0.144. The Kier molecular flexibility index (Phi) is 9.73. The number of likely N-dealkylation sites (tertiary alicyclic amines) is 1. The van der Waals surface area contributed by atoms with E-state index in [-0.39, 0.29) is 5.97 Å². The van der Waals surface area contributed by atoms with Crippen molar-refractivity contribution in [3.8, 4) is 0 Å². The maximum absolute atomic E-state index is 11.8. The molecule has 1 atom stereocenters. The molecule has 3 heteroatoms. The number of rotatable bonds is 9. The molecular formula is C17H33NO2. The molecule has 0 aliphatic carbocycles. The monoisotopic (exact) mass is 283 g/mol. The van der Waals surface area contributed by atoms with Gasteiger partial charge in [-0.2, -0.15) is 0 Å². The highest BCUT2D eigenvalue weighted by Gasteiger charge is 2.22. The molecule has 0 amide bonds. The maximum Gasteiger partial charge on any atom is 0.307 e. The molecule has 1 saturated heterocycles. The molecule has 1 heterocycles. The van der Waals surface area contributed by atoms with Gasteiger partial charge in [0, 0.05) is 6.04 Å². The molecule has 3 nitrogen and oxygen atoms in total. The van der Waals surface area contributed by atoms with E-state index in [0.29, 0.717) is 19.1 Å². The molecule has 1 rings (SSSR count). The molecule has 0 N–H and O–H groups in total. The second kappa shape index (κ2) is 11.1. The summed E-state index contributed by atoms with van der Waals surface area (Å²) in [4.78, 5) is 14.4. The minimum Gasteiger partial charge on any atom is -0.466 e. The number of ether oxygens (including phenoxy) is 1. The number of carbonyl (C=O) groups is 1. The van der Waals surface area contributed by atoms with Crippen LogP contribution in [0.2, 0.25) is 0 Å². The zero-order valence-electron chi connectivity index (χ0n) is 13.5. The number of nitrogens with zero attached hydrogens (tertiary/aromatic N) is 1. The minimum atomic E-state index is -0.0164. The van der Waals surface area contributed by atoms with Crippen LogP contribution in [-0.4, -0.2) is 36.6 Å². The van der Waals surface area contributed by atoms with Crippen LogP contribution in [0.25, 0.3) is 0 Å². The molecule has 0 bridgehead atoms. The number of hydrogen-bond donors (Lipinski definition) is 0. The Morgan fingerprint density at radius 2 is 1.75 bits per heavy atom. The molecule has 0 saturated carbocycles. The van der Waals surface area contributed by atoms with Gasteiger partial charge < -0.3 is 4.74 Å². The van der Waals surface area contributed by atoms with Gasteiger partial charge >= 0.3 is 5.97 Å². The Labute approximate surface area is 125 Å². The molecular weight excluding hydrogens is 250 g/mol. The Morgan fingerprint density at radius 3 is 2.35 bits per heavy atom. The number of carbonyl (C=O) groups excluding carboxylic acids is 1. The molecule has 0 spiro atoms. The normalized spacial score (nSPS) is 18.5. The highest BCUT2D eigenvalue weighted by atomic mass is 16.5. The van der Waals surface area contributed by atoms with Crippen LogP contribution in [0.5, 0.6) is 0 Å². The zero-order chi connectivity index (χ0) is 14.6. The molecule has 1 fully saturated rings. The lowest BCUT2D eigenvalue weighted by atomic mass is 10.0. The van der Waals surface area contributed by atoms with Crippen molar-refractivity contribution in [2.75, 3.05) is 19.7 Å². The third kappa shape index (κ3) is 7.28. The van der Waals surface area contributed by atoms with Crippen molar-refractivity contribution in [3.63, 3.8) is 0 Å². The van der Waals surface area contributed by atoms with Gasteiger partial charge in [0.1, 0.15) is 0 Å². The van der Waals surface area contributed by atoms with Gasteiger partial charge in [-0.1, -0.05) is 45.4 Å². The van der Waals surface area contributed by atoms with Crippen molar-refractivity contribution in [3.05, 3.63) is 0 Å². The van der Waals surface area contributed by atoms with E-state index in [1.165, 1.54) is 51.4 Å². The fourth-order valence-corrected chi connectivity index (χ4v) is 3.09. The first kappa shape index (κ1) is 17.5. The smallest absolute Gasteiger partial charge is 0.307 e. The van der Waals surface area contributed by atoms with Crippen molar-refractivity contribution in [2.45, 2.75) is 84.1 Å². The van der Waals surface area contributed by atoms with Crippen molar-refractivity contribution in [1.82, 2.24) is 4.90 Å². The average molecular weight is 283 g/mol. The Morgan fingerprint density at radius 1 is 1.05 bits per heavy atom. The van der Waals surface area contributed by atoms with E-state index in [1.54, 1.807) is 0 Å². The van der Waals surface area contributed by atoms with Crippen LogP contribution in [-0.2, 0) is 9.53 Å². The van der Waals surface area contributed by atoms with Gasteiger partial charge in [-0.05, 0) is 39.3 Å². The van der Waals surface area contributed by atoms with Crippen molar-refractivity contribution in [1.29, 1.82) is 0 Å². The molecule has 118 valence electrons. The summed E-state index contributed by atoms with van der Waals surface area (Å²) in [6.07, 6.45) is 12.1. The summed E-state index contributed by atoms with van der Waals surface area (Å²) in [6.45, 7) is 6.96. The molecule has 1 aliphatic heterocycles. The first-order valence-corrected chi connectivity index (χ1v) is 8.67. The molecule has 0 aromatic rings. The topological polar surface area (TPSA) is 29.5 Å².